The Labute approximate surface area is 150 Å². The lowest BCUT2D eigenvalue weighted by Crippen LogP contribution is -2.11. The minimum absolute atomic E-state index is 0.0800. The molecule has 2 aromatic rings. The average molecular weight is 361 g/mol. The van der Waals surface area contributed by atoms with Gasteiger partial charge in [-0.2, -0.15) is 0 Å². The van der Waals surface area contributed by atoms with E-state index in [4.69, 9.17) is 18.9 Å². The van der Waals surface area contributed by atoms with E-state index in [-0.39, 0.29) is 23.7 Å². The van der Waals surface area contributed by atoms with Gasteiger partial charge < -0.3 is 18.9 Å². The first-order chi connectivity index (χ1) is 12.5. The lowest BCUT2D eigenvalue weighted by Gasteiger charge is -2.10. The lowest BCUT2D eigenvalue weighted by molar-refractivity contribution is -0.385. The zero-order valence-corrected chi connectivity index (χ0v) is 14.7. The largest absolute Gasteiger partial charge is 0.497 e. The van der Waals surface area contributed by atoms with Crippen LogP contribution in [0.5, 0.6) is 17.2 Å². The third kappa shape index (κ3) is 4.41. The molecule has 0 aliphatic carbocycles. The number of nitro groups is 1. The van der Waals surface area contributed by atoms with Crippen LogP contribution in [0, 0.1) is 10.1 Å². The minimum atomic E-state index is -0.800. The van der Waals surface area contributed by atoms with E-state index in [1.165, 1.54) is 20.3 Å². The van der Waals surface area contributed by atoms with Crippen LogP contribution < -0.4 is 14.2 Å². The van der Waals surface area contributed by atoms with Gasteiger partial charge in [0.2, 0.25) is 0 Å². The molecular weight excluding hydrogens is 342 g/mol. The maximum absolute atomic E-state index is 12.3. The molecule has 0 saturated carbocycles. The predicted molar refractivity (Wildman–Crippen MR) is 93.2 cm³/mol. The summed E-state index contributed by atoms with van der Waals surface area (Å²) in [5.74, 6) is 0.298. The van der Waals surface area contributed by atoms with Gasteiger partial charge in [-0.05, 0) is 17.7 Å². The van der Waals surface area contributed by atoms with E-state index in [0.717, 1.165) is 17.4 Å². The van der Waals surface area contributed by atoms with Gasteiger partial charge in [-0.1, -0.05) is 12.1 Å². The molecule has 0 aromatic heterocycles. The highest BCUT2D eigenvalue weighted by molar-refractivity contribution is 5.95. The van der Waals surface area contributed by atoms with Gasteiger partial charge in [0.05, 0.1) is 38.9 Å². The molecule has 26 heavy (non-hydrogen) atoms. The number of benzene rings is 2. The fraction of sp³-hybridized carbons (Fsp3) is 0.278. The van der Waals surface area contributed by atoms with Crippen molar-refractivity contribution in [1.82, 2.24) is 0 Å². The van der Waals surface area contributed by atoms with Crippen LogP contribution in [0.4, 0.5) is 5.69 Å². The number of nitro benzene ring substituents is 1. The molecule has 0 spiro atoms. The quantitative estimate of drug-likeness (QED) is 0.405. The van der Waals surface area contributed by atoms with Crippen molar-refractivity contribution in [3.8, 4) is 17.2 Å². The first-order valence-electron chi connectivity index (χ1n) is 7.70. The molecule has 8 nitrogen and oxygen atoms in total. The van der Waals surface area contributed by atoms with E-state index >= 15 is 0 Å². The smallest absolute Gasteiger partial charge is 0.345 e. The van der Waals surface area contributed by atoms with Gasteiger partial charge in [0.1, 0.15) is 11.3 Å². The number of rotatable bonds is 8. The Kier molecular flexibility index (Phi) is 6.37. The summed E-state index contributed by atoms with van der Waals surface area (Å²) >= 11 is 0. The fourth-order valence-electron chi connectivity index (χ4n) is 2.31. The molecule has 138 valence electrons. The lowest BCUT2D eigenvalue weighted by atomic mass is 10.1. The molecule has 0 atom stereocenters. The molecule has 0 N–H and O–H groups in total. The first-order valence-corrected chi connectivity index (χ1v) is 7.70. The monoisotopic (exact) mass is 361 g/mol. The molecule has 2 aromatic carbocycles. The molecule has 0 radical (unpaired) electrons. The van der Waals surface area contributed by atoms with Crippen molar-refractivity contribution in [2.24, 2.45) is 0 Å². The van der Waals surface area contributed by atoms with E-state index in [0.29, 0.717) is 6.42 Å². The van der Waals surface area contributed by atoms with Crippen LogP contribution in [0.15, 0.2) is 36.4 Å². The standard InChI is InChI=1S/C18H19NO7/c1-23-13-6-4-12(5-7-13)8-9-26-18(20)14-10-16(24-2)17(25-3)11-15(14)19(21)22/h4-7,10-11H,8-9H2,1-3H3. The van der Waals surface area contributed by atoms with Gasteiger partial charge in [0.25, 0.3) is 5.69 Å². The number of ether oxygens (including phenoxy) is 4. The van der Waals surface area contributed by atoms with Gasteiger partial charge in [0.15, 0.2) is 11.5 Å². The summed E-state index contributed by atoms with van der Waals surface area (Å²) in [7, 11) is 4.31. The normalized spacial score (nSPS) is 10.1. The number of carbonyl (C=O) groups excluding carboxylic acids is 1. The van der Waals surface area contributed by atoms with Crippen LogP contribution in [-0.4, -0.2) is 38.8 Å². The van der Waals surface area contributed by atoms with E-state index in [9.17, 15) is 14.9 Å². The van der Waals surface area contributed by atoms with E-state index in [1.54, 1.807) is 19.2 Å². The van der Waals surface area contributed by atoms with E-state index < -0.39 is 16.6 Å². The first kappa shape index (κ1) is 19.0. The Morgan fingerprint density at radius 1 is 1.00 bits per heavy atom. The summed E-state index contributed by atoms with van der Waals surface area (Å²) in [6, 6.07) is 9.69. The maximum atomic E-state index is 12.3. The Morgan fingerprint density at radius 2 is 1.62 bits per heavy atom. The van der Waals surface area contributed by atoms with Crippen molar-refractivity contribution in [1.29, 1.82) is 0 Å². The molecule has 0 saturated heterocycles. The highest BCUT2D eigenvalue weighted by atomic mass is 16.6. The SMILES string of the molecule is COc1ccc(CCOC(=O)c2cc(OC)c(OC)cc2[N+](=O)[O-])cc1. The van der Waals surface area contributed by atoms with Gasteiger partial charge in [-0.15, -0.1) is 0 Å². The van der Waals surface area contributed by atoms with E-state index in [1.807, 2.05) is 12.1 Å². The highest BCUT2D eigenvalue weighted by Gasteiger charge is 2.25. The zero-order chi connectivity index (χ0) is 19.1. The van der Waals surface area contributed by atoms with Crippen LogP contribution >= 0.6 is 0 Å². The van der Waals surface area contributed by atoms with Crippen LogP contribution in [0.25, 0.3) is 0 Å². The summed E-state index contributed by atoms with van der Waals surface area (Å²) in [6.45, 7) is 0.0800. The highest BCUT2D eigenvalue weighted by Crippen LogP contribution is 2.34. The average Bonchev–Trinajstić information content (AvgIpc) is 2.67. The molecule has 0 aliphatic heterocycles. The van der Waals surface area contributed by atoms with Crippen molar-refractivity contribution in [3.05, 3.63) is 57.6 Å². The second-order valence-corrected chi connectivity index (χ2v) is 5.22. The number of esters is 1. The topological polar surface area (TPSA) is 97.1 Å². The molecule has 8 heteroatoms. The van der Waals surface area contributed by atoms with Gasteiger partial charge >= 0.3 is 5.97 Å². The van der Waals surface area contributed by atoms with Crippen molar-refractivity contribution in [2.45, 2.75) is 6.42 Å². The van der Waals surface area contributed by atoms with E-state index in [2.05, 4.69) is 0 Å². The van der Waals surface area contributed by atoms with Crippen LogP contribution in [0.3, 0.4) is 0 Å². The van der Waals surface area contributed by atoms with Gasteiger partial charge in [-0.25, -0.2) is 4.79 Å². The Morgan fingerprint density at radius 3 is 2.15 bits per heavy atom. The molecule has 2 rings (SSSR count). The number of hydrogen-bond donors (Lipinski definition) is 0. The Balaban J connectivity index is 2.11. The van der Waals surface area contributed by atoms with Crippen molar-refractivity contribution in [2.75, 3.05) is 27.9 Å². The molecule has 0 heterocycles. The summed E-state index contributed by atoms with van der Waals surface area (Å²) in [5, 5.41) is 11.2. The number of methoxy groups -OCH3 is 3. The molecule has 0 aliphatic rings. The number of hydrogen-bond acceptors (Lipinski definition) is 7. The second-order valence-electron chi connectivity index (χ2n) is 5.22. The van der Waals surface area contributed by atoms with Crippen molar-refractivity contribution < 1.29 is 28.7 Å². The third-order valence-electron chi connectivity index (χ3n) is 3.70. The molecule has 0 fully saturated rings. The molecule has 0 unspecified atom stereocenters. The van der Waals surface area contributed by atoms with Crippen LogP contribution in [-0.2, 0) is 11.2 Å². The van der Waals surface area contributed by atoms with Gasteiger partial charge in [0, 0.05) is 12.5 Å². The minimum Gasteiger partial charge on any atom is -0.497 e. The summed E-state index contributed by atoms with van der Waals surface area (Å²) in [4.78, 5) is 22.9. The molecule has 0 bridgehead atoms. The number of nitrogens with zero attached hydrogens (tertiary/aromatic N) is 1. The Hall–Kier alpha value is -3.29. The van der Waals surface area contributed by atoms with Crippen LogP contribution in [0.2, 0.25) is 0 Å². The summed E-state index contributed by atoms with van der Waals surface area (Å²) in [6.07, 6.45) is 0.469. The fourth-order valence-corrected chi connectivity index (χ4v) is 2.31. The zero-order valence-electron chi connectivity index (χ0n) is 14.7. The third-order valence-corrected chi connectivity index (χ3v) is 3.70. The van der Waals surface area contributed by atoms with Gasteiger partial charge in [-0.3, -0.25) is 10.1 Å². The maximum Gasteiger partial charge on any atom is 0.345 e. The summed E-state index contributed by atoms with van der Waals surface area (Å²) in [5.41, 5.74) is 0.347. The molecule has 0 amide bonds. The Bertz CT molecular complexity index is 787. The van der Waals surface area contributed by atoms with Crippen LogP contribution in [0.1, 0.15) is 15.9 Å². The van der Waals surface area contributed by atoms with Crippen molar-refractivity contribution in [3.63, 3.8) is 0 Å². The predicted octanol–water partition coefficient (Wildman–Crippen LogP) is 3.02. The molecular formula is C18H19NO7. The summed E-state index contributed by atoms with van der Waals surface area (Å²) < 4.78 is 20.4. The second kappa shape index (κ2) is 8.70. The number of carbonyl (C=O) groups is 1. The van der Waals surface area contributed by atoms with Crippen molar-refractivity contribution >= 4 is 11.7 Å².